The van der Waals surface area contributed by atoms with Crippen LogP contribution in [0.25, 0.3) is 11.0 Å². The zero-order valence-electron chi connectivity index (χ0n) is 24.8. The van der Waals surface area contributed by atoms with Crippen molar-refractivity contribution in [2.45, 2.75) is 91.1 Å². The normalized spacial score (nSPS) is 16.4. The number of carbonyl (C=O) groups is 1. The molecule has 1 saturated heterocycles. The number of nitrogens with zero attached hydrogens (tertiary/aromatic N) is 6. The van der Waals surface area contributed by atoms with Gasteiger partial charge in [0, 0.05) is 52.8 Å². The lowest BCUT2D eigenvalue weighted by Gasteiger charge is -2.34. The zero-order valence-corrected chi connectivity index (χ0v) is 25.8. The van der Waals surface area contributed by atoms with Crippen LogP contribution in [-0.4, -0.2) is 74.7 Å². The van der Waals surface area contributed by atoms with Crippen molar-refractivity contribution in [3.63, 3.8) is 0 Å². The number of anilines is 3. The van der Waals surface area contributed by atoms with Gasteiger partial charge in [-0.3, -0.25) is 4.68 Å². The minimum atomic E-state index is -1.26. The molecule has 40 heavy (non-hydrogen) atoms. The largest absolute Gasteiger partial charge is 0.444 e. The first-order valence-electron chi connectivity index (χ1n) is 14.0. The summed E-state index contributed by atoms with van der Waals surface area (Å²) in [5.41, 5.74) is 0.574. The number of carbonyl (C=O) groups excluding carboxylic acids is 1. The van der Waals surface area contributed by atoms with Crippen LogP contribution in [0.4, 0.5) is 26.6 Å². The molecular weight excluding hydrogens is 531 g/mol. The highest BCUT2D eigenvalue weighted by Crippen LogP contribution is 2.30. The minimum Gasteiger partial charge on any atom is -0.444 e. The van der Waals surface area contributed by atoms with E-state index in [1.54, 1.807) is 20.3 Å². The van der Waals surface area contributed by atoms with Crippen molar-refractivity contribution in [1.82, 2.24) is 29.2 Å². The predicted molar refractivity (Wildman–Crippen MR) is 157 cm³/mol. The number of aryl methyl sites for hydroxylation is 1. The maximum Gasteiger partial charge on any atom is 0.410 e. The van der Waals surface area contributed by atoms with E-state index in [-0.39, 0.29) is 24.3 Å². The summed E-state index contributed by atoms with van der Waals surface area (Å²) < 4.78 is 30.4. The van der Waals surface area contributed by atoms with E-state index in [0.29, 0.717) is 37.1 Å². The summed E-state index contributed by atoms with van der Waals surface area (Å²) in [5, 5.41) is 11.2. The van der Waals surface area contributed by atoms with Crippen LogP contribution < -0.4 is 10.6 Å². The number of nitrogens with one attached hydrogen (secondary N) is 2. The van der Waals surface area contributed by atoms with Crippen molar-refractivity contribution < 1.29 is 18.7 Å². The summed E-state index contributed by atoms with van der Waals surface area (Å²) in [6.45, 7) is 17.0. The molecule has 1 aliphatic heterocycles. The van der Waals surface area contributed by atoms with Crippen molar-refractivity contribution in [3.8, 4) is 0 Å². The molecule has 0 spiro atoms. The summed E-state index contributed by atoms with van der Waals surface area (Å²) in [6, 6.07) is 0.881. The van der Waals surface area contributed by atoms with E-state index in [0.717, 1.165) is 31.1 Å². The standard InChI is InChI=1S/C27H43FN8O3Si/c1-8-36-16-20(14-29-36)31-25-32-23(30-19-10-9-11-34(15-19)26(37)39-27(2,3)4)22-21(28)17-35(24(22)33-25)18-38-12-13-40(5,6)7/h14,16-17,19H,8-13,15,18H2,1-7H3,(H2,30,31,32,33)/t19-/m1/s1. The second-order valence-electron chi connectivity index (χ2n) is 12.5. The number of hydrogen-bond donors (Lipinski definition) is 2. The molecule has 3 aromatic rings. The van der Waals surface area contributed by atoms with Gasteiger partial charge in [-0.1, -0.05) is 19.6 Å². The Bertz CT molecular complexity index is 1310. The summed E-state index contributed by atoms with van der Waals surface area (Å²) >= 11 is 0. The average molecular weight is 575 g/mol. The van der Waals surface area contributed by atoms with E-state index in [9.17, 15) is 4.79 Å². The Morgan fingerprint density at radius 2 is 2.00 bits per heavy atom. The van der Waals surface area contributed by atoms with Crippen LogP contribution in [0, 0.1) is 5.82 Å². The Morgan fingerprint density at radius 3 is 2.67 bits per heavy atom. The van der Waals surface area contributed by atoms with Gasteiger partial charge in [0.2, 0.25) is 5.95 Å². The molecule has 4 rings (SSSR count). The molecule has 11 nitrogen and oxygen atoms in total. The quantitative estimate of drug-likeness (QED) is 0.236. The molecule has 0 aromatic carbocycles. The van der Waals surface area contributed by atoms with Crippen LogP contribution in [0.3, 0.4) is 0 Å². The first kappa shape index (κ1) is 29.8. The Hall–Kier alpha value is -3.19. The van der Waals surface area contributed by atoms with Gasteiger partial charge in [0.05, 0.1) is 17.3 Å². The van der Waals surface area contributed by atoms with E-state index in [4.69, 9.17) is 9.47 Å². The van der Waals surface area contributed by atoms with Gasteiger partial charge in [-0.15, -0.1) is 0 Å². The van der Waals surface area contributed by atoms with Crippen LogP contribution in [0.15, 0.2) is 18.6 Å². The number of rotatable bonds is 10. The average Bonchev–Trinajstić information content (AvgIpc) is 3.44. The van der Waals surface area contributed by atoms with Crippen molar-refractivity contribution >= 4 is 42.7 Å². The van der Waals surface area contributed by atoms with E-state index in [1.807, 2.05) is 33.9 Å². The third-order valence-corrected chi connectivity index (χ3v) is 8.23. The Morgan fingerprint density at radius 1 is 1.23 bits per heavy atom. The highest BCUT2D eigenvalue weighted by Gasteiger charge is 2.29. The van der Waals surface area contributed by atoms with Crippen molar-refractivity contribution in [2.24, 2.45) is 0 Å². The Kier molecular flexibility index (Phi) is 9.03. The molecule has 1 amide bonds. The SMILES string of the molecule is CCn1cc(Nc2nc(N[C@@H]3CCCN(C(=O)OC(C)(C)C)C3)c3c(F)cn(COCC[Si](C)(C)C)c3n2)cn1. The fourth-order valence-corrected chi connectivity index (χ4v) is 5.21. The van der Waals surface area contributed by atoms with Crippen LogP contribution >= 0.6 is 0 Å². The smallest absolute Gasteiger partial charge is 0.410 e. The summed E-state index contributed by atoms with van der Waals surface area (Å²) in [5.74, 6) is 0.244. The number of ether oxygens (including phenoxy) is 2. The fourth-order valence-electron chi connectivity index (χ4n) is 4.45. The fraction of sp³-hybridized carbons (Fsp3) is 0.630. The highest BCUT2D eigenvalue weighted by atomic mass is 28.3. The Balaban J connectivity index is 1.60. The summed E-state index contributed by atoms with van der Waals surface area (Å²) in [6.07, 6.45) is 6.21. The lowest BCUT2D eigenvalue weighted by molar-refractivity contribution is 0.0206. The van der Waals surface area contributed by atoms with Crippen LogP contribution in [0.1, 0.15) is 40.5 Å². The first-order valence-corrected chi connectivity index (χ1v) is 17.7. The molecule has 1 fully saturated rings. The van der Waals surface area contributed by atoms with E-state index < -0.39 is 19.5 Å². The molecule has 0 unspecified atom stereocenters. The zero-order chi connectivity index (χ0) is 29.1. The second-order valence-corrected chi connectivity index (χ2v) is 18.1. The van der Waals surface area contributed by atoms with E-state index in [2.05, 4.69) is 45.3 Å². The molecule has 220 valence electrons. The van der Waals surface area contributed by atoms with Crippen molar-refractivity contribution in [3.05, 3.63) is 24.4 Å². The number of fused-ring (bicyclic) bond motifs is 1. The lowest BCUT2D eigenvalue weighted by atomic mass is 10.1. The number of likely N-dealkylation sites (tertiary alicyclic amines) is 1. The van der Waals surface area contributed by atoms with Gasteiger partial charge in [0.25, 0.3) is 0 Å². The monoisotopic (exact) mass is 574 g/mol. The minimum absolute atomic E-state index is 0.134. The number of piperidine rings is 1. The van der Waals surface area contributed by atoms with Crippen LogP contribution in [0.5, 0.6) is 0 Å². The second kappa shape index (κ2) is 12.1. The molecule has 0 bridgehead atoms. The third kappa shape index (κ3) is 7.93. The maximum atomic E-state index is 15.4. The van der Waals surface area contributed by atoms with Gasteiger partial charge >= 0.3 is 6.09 Å². The maximum absolute atomic E-state index is 15.4. The molecule has 2 N–H and O–H groups in total. The lowest BCUT2D eigenvalue weighted by Crippen LogP contribution is -2.47. The molecule has 1 atom stereocenters. The van der Waals surface area contributed by atoms with E-state index >= 15 is 4.39 Å². The van der Waals surface area contributed by atoms with Gasteiger partial charge in [-0.25, -0.2) is 9.18 Å². The third-order valence-electron chi connectivity index (χ3n) is 6.52. The summed E-state index contributed by atoms with van der Waals surface area (Å²) in [4.78, 5) is 23.7. The van der Waals surface area contributed by atoms with Crippen LogP contribution in [0.2, 0.25) is 25.7 Å². The van der Waals surface area contributed by atoms with E-state index in [1.165, 1.54) is 6.20 Å². The molecule has 1 aliphatic rings. The molecule has 0 radical (unpaired) electrons. The van der Waals surface area contributed by atoms with Gasteiger partial charge < -0.3 is 29.6 Å². The van der Waals surface area contributed by atoms with Crippen molar-refractivity contribution in [2.75, 3.05) is 30.3 Å². The van der Waals surface area contributed by atoms with Gasteiger partial charge in [0.15, 0.2) is 11.5 Å². The van der Waals surface area contributed by atoms with Gasteiger partial charge in [0.1, 0.15) is 18.1 Å². The molecule has 0 saturated carbocycles. The topological polar surface area (TPSA) is 111 Å². The Labute approximate surface area is 236 Å². The molecule has 4 heterocycles. The van der Waals surface area contributed by atoms with Gasteiger partial charge in [-0.05, 0) is 46.6 Å². The molecule has 0 aliphatic carbocycles. The van der Waals surface area contributed by atoms with Crippen molar-refractivity contribution in [1.29, 1.82) is 0 Å². The predicted octanol–water partition coefficient (Wildman–Crippen LogP) is 5.65. The number of amides is 1. The number of halogens is 1. The molecular formula is C27H43FN8O3Si. The highest BCUT2D eigenvalue weighted by molar-refractivity contribution is 6.76. The van der Waals surface area contributed by atoms with Gasteiger partial charge in [-0.2, -0.15) is 15.1 Å². The molecule has 13 heteroatoms. The first-order chi connectivity index (χ1) is 18.8. The number of hydrogen-bond acceptors (Lipinski definition) is 8. The molecule has 3 aromatic heterocycles. The number of aromatic nitrogens is 5. The summed E-state index contributed by atoms with van der Waals surface area (Å²) in [7, 11) is -1.26. The van der Waals surface area contributed by atoms with Crippen LogP contribution in [-0.2, 0) is 22.7 Å².